The van der Waals surface area contributed by atoms with Crippen LogP contribution in [-0.4, -0.2) is 30.9 Å². The van der Waals surface area contributed by atoms with E-state index in [2.05, 4.69) is 28.5 Å². The number of aromatic nitrogens is 4. The van der Waals surface area contributed by atoms with E-state index < -0.39 is 4.92 Å². The van der Waals surface area contributed by atoms with Crippen LogP contribution in [0, 0.1) is 16.0 Å². The number of hydrogen-bond acceptors (Lipinski definition) is 5. The van der Waals surface area contributed by atoms with Crippen LogP contribution in [0.3, 0.4) is 0 Å². The smallest absolute Gasteiger partial charge is 0.316 e. The lowest BCUT2D eigenvalue weighted by atomic mass is 10.2. The fourth-order valence-electron chi connectivity index (χ4n) is 3.54. The van der Waals surface area contributed by atoms with Crippen molar-refractivity contribution in [3.05, 3.63) is 40.8 Å². The molecule has 0 N–H and O–H groups in total. The number of ether oxygens (including phenoxy) is 1. The molecule has 1 unspecified atom stereocenters. The van der Waals surface area contributed by atoms with E-state index in [0.29, 0.717) is 18.2 Å². The topological polar surface area (TPSA) is 88.0 Å². The van der Waals surface area contributed by atoms with Crippen LogP contribution < -0.4 is 0 Å². The average molecular weight is 369 g/mol. The summed E-state index contributed by atoms with van der Waals surface area (Å²) in [6.07, 6.45) is 7.84. The van der Waals surface area contributed by atoms with E-state index in [9.17, 15) is 10.1 Å². The van der Waals surface area contributed by atoms with Gasteiger partial charge in [0.1, 0.15) is 12.4 Å². The van der Waals surface area contributed by atoms with Crippen molar-refractivity contribution in [2.75, 3.05) is 6.61 Å². The van der Waals surface area contributed by atoms with E-state index in [4.69, 9.17) is 4.74 Å². The quantitative estimate of drug-likeness (QED) is 0.498. The Morgan fingerprint density at radius 1 is 1.41 bits per heavy atom. The van der Waals surface area contributed by atoms with Crippen LogP contribution in [0.4, 0.5) is 5.69 Å². The van der Waals surface area contributed by atoms with Gasteiger partial charge < -0.3 is 9.30 Å². The molecule has 0 aromatic carbocycles. The predicted octanol–water partition coefficient (Wildman–Crippen LogP) is 4.16. The van der Waals surface area contributed by atoms with E-state index in [0.717, 1.165) is 36.7 Å². The molecule has 1 fully saturated rings. The van der Waals surface area contributed by atoms with Crippen LogP contribution >= 0.6 is 0 Å². The lowest BCUT2D eigenvalue weighted by Gasteiger charge is -2.22. The first kappa shape index (κ1) is 17.7. The third-order valence-electron chi connectivity index (χ3n) is 4.82. The van der Waals surface area contributed by atoms with Gasteiger partial charge in [-0.25, -0.2) is 4.68 Å². The molecule has 0 bridgehead atoms. The van der Waals surface area contributed by atoms with Crippen LogP contribution in [0.15, 0.2) is 30.7 Å². The normalized spacial score (nSPS) is 17.7. The molecule has 3 aromatic rings. The predicted molar refractivity (Wildman–Crippen MR) is 101 cm³/mol. The Morgan fingerprint density at radius 3 is 2.96 bits per heavy atom. The summed E-state index contributed by atoms with van der Waals surface area (Å²) in [5.41, 5.74) is 1.75. The molecule has 8 nitrogen and oxygen atoms in total. The monoisotopic (exact) mass is 369 g/mol. The number of rotatable bonds is 5. The molecule has 0 saturated carbocycles. The van der Waals surface area contributed by atoms with Gasteiger partial charge >= 0.3 is 5.69 Å². The van der Waals surface area contributed by atoms with E-state index in [1.807, 2.05) is 18.3 Å². The van der Waals surface area contributed by atoms with Crippen LogP contribution in [0.2, 0.25) is 0 Å². The van der Waals surface area contributed by atoms with Gasteiger partial charge in [-0.2, -0.15) is 5.10 Å². The molecule has 1 aliphatic heterocycles. The van der Waals surface area contributed by atoms with Gasteiger partial charge in [0.25, 0.3) is 0 Å². The largest absolute Gasteiger partial charge is 0.357 e. The fourth-order valence-corrected chi connectivity index (χ4v) is 3.54. The number of pyridine rings is 1. The average Bonchev–Trinajstić information content (AvgIpc) is 3.27. The molecule has 0 amide bonds. The summed E-state index contributed by atoms with van der Waals surface area (Å²) < 4.78 is 9.45. The van der Waals surface area contributed by atoms with E-state index in [-0.39, 0.29) is 17.6 Å². The molecular weight excluding hydrogens is 346 g/mol. The molecule has 0 radical (unpaired) electrons. The third-order valence-corrected chi connectivity index (χ3v) is 4.82. The van der Waals surface area contributed by atoms with Crippen molar-refractivity contribution in [2.24, 2.45) is 5.92 Å². The molecule has 1 aliphatic rings. The summed E-state index contributed by atoms with van der Waals surface area (Å²) in [7, 11) is 0. The first-order valence-corrected chi connectivity index (χ1v) is 9.33. The molecule has 3 aromatic heterocycles. The Kier molecular flexibility index (Phi) is 4.65. The zero-order valence-electron chi connectivity index (χ0n) is 15.5. The minimum absolute atomic E-state index is 0.0435. The second-order valence-corrected chi connectivity index (χ2v) is 7.41. The van der Waals surface area contributed by atoms with Gasteiger partial charge in [0.15, 0.2) is 5.69 Å². The van der Waals surface area contributed by atoms with Crippen molar-refractivity contribution in [2.45, 2.75) is 45.9 Å². The summed E-state index contributed by atoms with van der Waals surface area (Å²) in [6, 6.07) is 3.90. The van der Waals surface area contributed by atoms with Gasteiger partial charge in [-0.1, -0.05) is 13.8 Å². The summed E-state index contributed by atoms with van der Waals surface area (Å²) >= 11 is 0. The summed E-state index contributed by atoms with van der Waals surface area (Å²) in [6.45, 7) is 5.84. The van der Waals surface area contributed by atoms with Crippen molar-refractivity contribution in [3.63, 3.8) is 0 Å². The Morgan fingerprint density at radius 2 is 2.26 bits per heavy atom. The van der Waals surface area contributed by atoms with Crippen molar-refractivity contribution in [1.29, 1.82) is 0 Å². The maximum Gasteiger partial charge on any atom is 0.316 e. The van der Waals surface area contributed by atoms with Gasteiger partial charge in [-0.05, 0) is 37.3 Å². The maximum absolute atomic E-state index is 11.6. The zero-order valence-corrected chi connectivity index (χ0v) is 15.5. The minimum Gasteiger partial charge on any atom is -0.357 e. The molecule has 1 saturated heterocycles. The van der Waals surface area contributed by atoms with Crippen molar-refractivity contribution in [1.82, 2.24) is 19.3 Å². The Bertz CT molecular complexity index is 969. The highest BCUT2D eigenvalue weighted by Gasteiger charge is 2.26. The minimum atomic E-state index is -0.402. The van der Waals surface area contributed by atoms with Crippen LogP contribution in [0.5, 0.6) is 0 Å². The van der Waals surface area contributed by atoms with Gasteiger partial charge in [-0.15, -0.1) is 0 Å². The van der Waals surface area contributed by atoms with E-state index >= 15 is 0 Å². The van der Waals surface area contributed by atoms with E-state index in [1.165, 1.54) is 6.20 Å². The second kappa shape index (κ2) is 7.11. The van der Waals surface area contributed by atoms with Gasteiger partial charge in [0, 0.05) is 30.9 Å². The lowest BCUT2D eigenvalue weighted by molar-refractivity contribution is -0.384. The first-order chi connectivity index (χ1) is 13.0. The zero-order chi connectivity index (χ0) is 19.0. The van der Waals surface area contributed by atoms with Crippen LogP contribution in [0.25, 0.3) is 22.3 Å². The SMILES string of the molecule is CC(C)Cn1ccc2cnc(-c3nn(C4CCCCO4)cc3[N+](=O)[O-])cc21. The summed E-state index contributed by atoms with van der Waals surface area (Å²) in [5, 5.41) is 17.1. The van der Waals surface area contributed by atoms with Crippen molar-refractivity contribution in [3.8, 4) is 11.4 Å². The Balaban J connectivity index is 1.77. The molecule has 4 rings (SSSR count). The third kappa shape index (κ3) is 3.44. The first-order valence-electron chi connectivity index (χ1n) is 9.33. The second-order valence-electron chi connectivity index (χ2n) is 7.41. The van der Waals surface area contributed by atoms with Gasteiger partial charge in [-0.3, -0.25) is 15.1 Å². The number of nitro groups is 1. The summed E-state index contributed by atoms with van der Waals surface area (Å²) in [5.74, 6) is 0.495. The fraction of sp³-hybridized carbons (Fsp3) is 0.474. The van der Waals surface area contributed by atoms with Gasteiger partial charge in [0.2, 0.25) is 0 Å². The molecule has 8 heteroatoms. The highest BCUT2D eigenvalue weighted by atomic mass is 16.6. The van der Waals surface area contributed by atoms with E-state index in [1.54, 1.807) is 10.9 Å². The molecule has 0 aliphatic carbocycles. The molecule has 27 heavy (non-hydrogen) atoms. The molecule has 0 spiro atoms. The standard InChI is InChI=1S/C19H23N5O3/c1-13(2)11-22-7-6-14-10-20-15(9-16(14)22)19-17(24(25)26)12-23(21-19)18-5-3-4-8-27-18/h6-7,9-10,12-13,18H,3-5,8,11H2,1-2H3. The maximum atomic E-state index is 11.6. The lowest BCUT2D eigenvalue weighted by Crippen LogP contribution is -2.18. The highest BCUT2D eigenvalue weighted by molar-refractivity contribution is 5.83. The number of nitrogens with zero attached hydrogens (tertiary/aromatic N) is 5. The van der Waals surface area contributed by atoms with Crippen LogP contribution in [-0.2, 0) is 11.3 Å². The van der Waals surface area contributed by atoms with Gasteiger partial charge in [0.05, 0.1) is 16.1 Å². The Labute approximate surface area is 156 Å². The molecule has 4 heterocycles. The Hall–Kier alpha value is -2.74. The number of fused-ring (bicyclic) bond motifs is 1. The van der Waals surface area contributed by atoms with Crippen molar-refractivity contribution < 1.29 is 9.66 Å². The number of hydrogen-bond donors (Lipinski definition) is 0. The van der Waals surface area contributed by atoms with Crippen molar-refractivity contribution >= 4 is 16.6 Å². The van der Waals surface area contributed by atoms with Crippen LogP contribution in [0.1, 0.15) is 39.3 Å². The highest BCUT2D eigenvalue weighted by Crippen LogP contribution is 2.32. The molecule has 142 valence electrons. The molecular formula is C19H23N5O3. The summed E-state index contributed by atoms with van der Waals surface area (Å²) in [4.78, 5) is 15.6. The molecule has 1 atom stereocenters.